The van der Waals surface area contributed by atoms with Crippen LogP contribution in [0, 0.1) is 0 Å². The largest absolute Gasteiger partial charge is 0.417 e. The molecule has 0 aromatic heterocycles. The van der Waals surface area contributed by atoms with E-state index in [1.165, 1.54) is 19.1 Å². The van der Waals surface area contributed by atoms with Crippen molar-refractivity contribution < 1.29 is 22.8 Å². The maximum Gasteiger partial charge on any atom is 0.417 e. The van der Waals surface area contributed by atoms with Crippen LogP contribution in [-0.2, 0) is 15.8 Å². The lowest BCUT2D eigenvalue weighted by molar-refractivity contribution is -0.137. The fourth-order valence-electron chi connectivity index (χ4n) is 3.02. The molecule has 0 spiro atoms. The summed E-state index contributed by atoms with van der Waals surface area (Å²) in [5.74, 6) is 0. The van der Waals surface area contributed by atoms with Crippen molar-refractivity contribution in [3.8, 4) is 22.3 Å². The zero-order valence-corrected chi connectivity index (χ0v) is 20.2. The van der Waals surface area contributed by atoms with E-state index < -0.39 is 11.7 Å². The number of thioether (sulfide) groups is 2. The first-order valence-corrected chi connectivity index (χ1v) is 11.8. The maximum atomic E-state index is 13.8. The monoisotopic (exact) mass is 498 g/mol. The second-order valence-corrected chi connectivity index (χ2v) is 9.74. The lowest BCUT2D eigenvalue weighted by Gasteiger charge is -2.15. The number of alkyl halides is 3. The Kier molecular flexibility index (Phi) is 7.89. The van der Waals surface area contributed by atoms with E-state index in [9.17, 15) is 22.8 Å². The molecule has 0 aliphatic carbocycles. The van der Waals surface area contributed by atoms with Gasteiger partial charge in [0, 0.05) is 9.79 Å². The van der Waals surface area contributed by atoms with Crippen molar-refractivity contribution in [3.63, 3.8) is 0 Å². The third kappa shape index (κ3) is 6.30. The third-order valence-corrected chi connectivity index (χ3v) is 6.86. The Labute approximate surface area is 205 Å². The first-order chi connectivity index (χ1) is 16.0. The van der Waals surface area contributed by atoms with Crippen molar-refractivity contribution in [2.24, 2.45) is 0 Å². The molecule has 174 valence electrons. The van der Waals surface area contributed by atoms with Gasteiger partial charge >= 0.3 is 6.18 Å². The van der Waals surface area contributed by atoms with Crippen molar-refractivity contribution in [3.05, 3.63) is 96.6 Å². The lowest BCUT2D eigenvalue weighted by Crippen LogP contribution is -2.07. The molecule has 0 saturated heterocycles. The predicted molar refractivity (Wildman–Crippen MR) is 134 cm³/mol. The van der Waals surface area contributed by atoms with Gasteiger partial charge in [-0.2, -0.15) is 13.2 Å². The highest BCUT2D eigenvalue weighted by Gasteiger charge is 2.34. The van der Waals surface area contributed by atoms with Gasteiger partial charge in [-0.3, -0.25) is 9.59 Å². The summed E-state index contributed by atoms with van der Waals surface area (Å²) >= 11 is 1.82. The van der Waals surface area contributed by atoms with E-state index in [-0.39, 0.29) is 26.3 Å². The number of benzene rings is 3. The SMILES string of the molecule is C=C(C)C(=O)Sc1ccc(-c2ccc(-c3ccc(SC(=O)C(=C)C)cc3C(F)(F)F)cc2)cc1. The first kappa shape index (κ1) is 25.6. The highest BCUT2D eigenvalue weighted by atomic mass is 32.2. The Balaban J connectivity index is 1.87. The molecule has 3 aromatic carbocycles. The number of carbonyl (C=O) groups is 2. The predicted octanol–water partition coefficient (Wildman–Crippen LogP) is 8.43. The van der Waals surface area contributed by atoms with Gasteiger partial charge < -0.3 is 0 Å². The second kappa shape index (κ2) is 10.5. The van der Waals surface area contributed by atoms with Gasteiger partial charge in [-0.1, -0.05) is 55.6 Å². The molecule has 0 aliphatic rings. The van der Waals surface area contributed by atoms with Crippen molar-refractivity contribution in [1.82, 2.24) is 0 Å². The highest BCUT2D eigenvalue weighted by Crippen LogP contribution is 2.40. The van der Waals surface area contributed by atoms with E-state index in [1.807, 2.05) is 24.3 Å². The molecule has 7 heteroatoms. The Bertz CT molecular complexity index is 1260. The zero-order valence-electron chi connectivity index (χ0n) is 18.5. The molecule has 3 aromatic rings. The van der Waals surface area contributed by atoms with Crippen LogP contribution in [0.4, 0.5) is 13.2 Å². The van der Waals surface area contributed by atoms with Crippen LogP contribution in [0.2, 0.25) is 0 Å². The summed E-state index contributed by atoms with van der Waals surface area (Å²) in [6, 6.07) is 18.0. The second-order valence-electron chi connectivity index (χ2n) is 7.65. The van der Waals surface area contributed by atoms with E-state index in [0.717, 1.165) is 45.6 Å². The first-order valence-electron chi connectivity index (χ1n) is 10.1. The molecule has 3 rings (SSSR count). The quantitative estimate of drug-likeness (QED) is 0.252. The minimum absolute atomic E-state index is 0.0382. The standard InChI is InChI=1S/C27H21F3O2S2/c1-16(2)25(31)33-21-11-9-19(10-12-21)18-5-7-20(8-6-18)23-14-13-22(34-26(32)17(3)4)15-24(23)27(28,29)30/h5-15H,1,3H2,2,4H3. The molecule has 34 heavy (non-hydrogen) atoms. The van der Waals surface area contributed by atoms with Crippen molar-refractivity contribution in [2.75, 3.05) is 0 Å². The van der Waals surface area contributed by atoms with Crippen LogP contribution in [0.1, 0.15) is 19.4 Å². The summed E-state index contributed by atoms with van der Waals surface area (Å²) in [6.07, 6.45) is -4.58. The maximum absolute atomic E-state index is 13.8. The van der Waals surface area contributed by atoms with Gasteiger partial charge in [0.2, 0.25) is 10.2 Å². The van der Waals surface area contributed by atoms with Crippen molar-refractivity contribution in [2.45, 2.75) is 29.8 Å². The average Bonchev–Trinajstić information content (AvgIpc) is 2.79. The smallest absolute Gasteiger partial charge is 0.282 e. The van der Waals surface area contributed by atoms with E-state index in [4.69, 9.17) is 0 Å². The summed E-state index contributed by atoms with van der Waals surface area (Å²) in [7, 11) is 0. The zero-order chi connectivity index (χ0) is 25.0. The minimum atomic E-state index is -4.58. The summed E-state index contributed by atoms with van der Waals surface area (Å²) < 4.78 is 41.4. The van der Waals surface area contributed by atoms with E-state index in [2.05, 4.69) is 13.2 Å². The van der Waals surface area contributed by atoms with Crippen molar-refractivity contribution >= 4 is 33.8 Å². The fourth-order valence-corrected chi connectivity index (χ4v) is 4.38. The lowest BCUT2D eigenvalue weighted by atomic mass is 9.97. The number of carbonyl (C=O) groups excluding carboxylic acids is 2. The number of hydrogen-bond acceptors (Lipinski definition) is 4. The van der Waals surface area contributed by atoms with E-state index >= 15 is 0 Å². The molecule has 0 N–H and O–H groups in total. The molecular formula is C27H21F3O2S2. The Morgan fingerprint density at radius 3 is 1.56 bits per heavy atom. The summed E-state index contributed by atoms with van der Waals surface area (Å²) in [4.78, 5) is 24.7. The van der Waals surface area contributed by atoms with E-state index in [1.54, 1.807) is 31.2 Å². The van der Waals surface area contributed by atoms with Crippen LogP contribution in [0.3, 0.4) is 0 Å². The van der Waals surface area contributed by atoms with Crippen LogP contribution in [0.5, 0.6) is 0 Å². The van der Waals surface area contributed by atoms with Crippen molar-refractivity contribution in [1.29, 1.82) is 0 Å². The minimum Gasteiger partial charge on any atom is -0.282 e. The molecule has 0 amide bonds. The number of halogens is 3. The van der Waals surface area contributed by atoms with Crippen LogP contribution in [-0.4, -0.2) is 10.2 Å². The number of rotatable bonds is 6. The Morgan fingerprint density at radius 2 is 1.09 bits per heavy atom. The van der Waals surface area contributed by atoms with E-state index in [0.29, 0.717) is 11.1 Å². The molecule has 0 fully saturated rings. The molecule has 0 atom stereocenters. The average molecular weight is 499 g/mol. The third-order valence-electron chi connectivity index (χ3n) is 4.80. The molecule has 0 unspecified atom stereocenters. The van der Waals surface area contributed by atoms with Gasteiger partial charge in [-0.25, -0.2) is 0 Å². The Hall–Kier alpha value is -3.03. The summed E-state index contributed by atoms with van der Waals surface area (Å²) in [6.45, 7) is 10.3. The molecular weight excluding hydrogens is 477 g/mol. The van der Waals surface area contributed by atoms with Crippen LogP contribution in [0.15, 0.2) is 101 Å². The number of hydrogen-bond donors (Lipinski definition) is 0. The van der Waals surface area contributed by atoms with Crippen LogP contribution < -0.4 is 0 Å². The molecule has 0 saturated carbocycles. The van der Waals surface area contributed by atoms with Gasteiger partial charge in [-0.05, 0) is 95.0 Å². The van der Waals surface area contributed by atoms with Gasteiger partial charge in [0.1, 0.15) is 0 Å². The molecule has 0 heterocycles. The van der Waals surface area contributed by atoms with Crippen LogP contribution in [0.25, 0.3) is 22.3 Å². The topological polar surface area (TPSA) is 34.1 Å². The van der Waals surface area contributed by atoms with Gasteiger partial charge in [0.25, 0.3) is 0 Å². The normalized spacial score (nSPS) is 11.2. The van der Waals surface area contributed by atoms with Gasteiger partial charge in [-0.15, -0.1) is 0 Å². The van der Waals surface area contributed by atoms with Gasteiger partial charge in [0.15, 0.2) is 0 Å². The summed E-state index contributed by atoms with van der Waals surface area (Å²) in [5, 5.41) is -0.482. The van der Waals surface area contributed by atoms with Crippen LogP contribution >= 0.6 is 23.5 Å². The highest BCUT2D eigenvalue weighted by molar-refractivity contribution is 8.14. The Morgan fingerprint density at radius 1 is 0.676 bits per heavy atom. The summed E-state index contributed by atoms with van der Waals surface area (Å²) in [5.41, 5.74) is 2.10. The molecule has 0 bridgehead atoms. The molecule has 0 aliphatic heterocycles. The fraction of sp³-hybridized carbons (Fsp3) is 0.111. The molecule has 0 radical (unpaired) electrons. The molecule has 2 nitrogen and oxygen atoms in total. The van der Waals surface area contributed by atoms with Gasteiger partial charge in [0.05, 0.1) is 5.56 Å².